The van der Waals surface area contributed by atoms with Crippen LogP contribution in [0, 0.1) is 0 Å². The summed E-state index contributed by atoms with van der Waals surface area (Å²) in [6, 6.07) is 14.3. The van der Waals surface area contributed by atoms with Crippen LogP contribution in [-0.2, 0) is 0 Å². The van der Waals surface area contributed by atoms with Crippen LogP contribution < -0.4 is 18.4 Å². The van der Waals surface area contributed by atoms with Crippen molar-refractivity contribution in [3.05, 3.63) is 61.2 Å². The minimum absolute atomic E-state index is 0.188. The summed E-state index contributed by atoms with van der Waals surface area (Å²) in [5, 5.41) is 11.8. The van der Waals surface area contributed by atoms with Gasteiger partial charge in [-0.25, -0.2) is 0 Å². The lowest BCUT2D eigenvalue weighted by atomic mass is 10.3. The average Bonchev–Trinajstić information content (AvgIpc) is 2.80. The summed E-state index contributed by atoms with van der Waals surface area (Å²) in [5.74, 6) is 1.34. The first kappa shape index (κ1) is 12.6. The third-order valence-electron chi connectivity index (χ3n) is 2.89. The Hall–Kier alpha value is -2.40. The van der Waals surface area contributed by atoms with E-state index < -0.39 is 8.80 Å². The average molecular weight is 285 g/mol. The van der Waals surface area contributed by atoms with E-state index in [9.17, 15) is 5.11 Å². The molecular formula is C15H13O4Si-. The Morgan fingerprint density at radius 3 is 2.25 bits per heavy atom. The zero-order valence-electron chi connectivity index (χ0n) is 10.7. The van der Waals surface area contributed by atoms with Gasteiger partial charge in [0.15, 0.2) is 0 Å². The summed E-state index contributed by atoms with van der Waals surface area (Å²) in [6.45, 7) is 3.71. The molecule has 1 aliphatic heterocycles. The van der Waals surface area contributed by atoms with Gasteiger partial charge < -0.3 is 18.4 Å². The molecule has 0 aromatic heterocycles. The highest BCUT2D eigenvalue weighted by Crippen LogP contribution is 2.40. The summed E-state index contributed by atoms with van der Waals surface area (Å²) in [5.41, 5.74) is 0. The lowest BCUT2D eigenvalue weighted by Gasteiger charge is -2.25. The number of allylic oxidation sites excluding steroid dienone is 1. The Labute approximate surface area is 118 Å². The second kappa shape index (κ2) is 4.94. The second-order valence-electron chi connectivity index (χ2n) is 4.38. The maximum atomic E-state index is 11.8. The zero-order chi connectivity index (χ0) is 14.0. The van der Waals surface area contributed by atoms with Gasteiger partial charge in [0.25, 0.3) is 0 Å². The van der Waals surface area contributed by atoms with Crippen LogP contribution in [0.5, 0.6) is 23.0 Å². The molecule has 0 spiro atoms. The molecule has 0 saturated carbocycles. The monoisotopic (exact) mass is 285 g/mol. The smallest absolute Gasteiger partial charge is 0.703 e. The molecule has 0 aliphatic carbocycles. The van der Waals surface area contributed by atoms with E-state index in [1.807, 2.05) is 24.3 Å². The molecular weight excluding hydrogens is 272 g/mol. The lowest BCUT2D eigenvalue weighted by Crippen LogP contribution is -2.51. The van der Waals surface area contributed by atoms with Gasteiger partial charge in [-0.3, -0.25) is 0 Å². The predicted molar refractivity (Wildman–Crippen MR) is 75.0 cm³/mol. The van der Waals surface area contributed by atoms with Crippen molar-refractivity contribution < 1.29 is 18.4 Å². The van der Waals surface area contributed by atoms with Crippen molar-refractivity contribution in [1.82, 2.24) is 0 Å². The van der Waals surface area contributed by atoms with E-state index >= 15 is 0 Å². The molecule has 20 heavy (non-hydrogen) atoms. The van der Waals surface area contributed by atoms with E-state index in [0.717, 1.165) is 0 Å². The van der Waals surface area contributed by atoms with Gasteiger partial charge in [0.05, 0.1) is 6.04 Å². The molecule has 0 radical (unpaired) electrons. The van der Waals surface area contributed by atoms with Crippen molar-refractivity contribution >= 4 is 8.80 Å². The van der Waals surface area contributed by atoms with Crippen LogP contribution in [0.15, 0.2) is 61.2 Å². The van der Waals surface area contributed by atoms with E-state index in [1.54, 1.807) is 24.3 Å². The van der Waals surface area contributed by atoms with Crippen molar-refractivity contribution in [3.63, 3.8) is 0 Å². The molecule has 2 aromatic carbocycles. The number of fused-ring (bicyclic) bond motifs is 1. The number of rotatable bonds is 4. The van der Waals surface area contributed by atoms with E-state index in [-0.39, 0.29) is 11.5 Å². The largest absolute Gasteiger partial charge is 0.870 e. The number of hydrogen-bond acceptors (Lipinski definition) is 4. The van der Waals surface area contributed by atoms with Crippen molar-refractivity contribution in [2.45, 2.75) is 6.04 Å². The first-order chi connectivity index (χ1) is 9.72. The van der Waals surface area contributed by atoms with Crippen LogP contribution in [0.3, 0.4) is 0 Å². The zero-order valence-corrected chi connectivity index (χ0v) is 11.7. The Bertz CT molecular complexity index is 616. The quantitative estimate of drug-likeness (QED) is 0.640. The molecule has 4 nitrogen and oxygen atoms in total. The molecule has 0 unspecified atom stereocenters. The van der Waals surface area contributed by atoms with Gasteiger partial charge in [-0.2, -0.15) is 0 Å². The Balaban J connectivity index is 1.92. The summed E-state index contributed by atoms with van der Waals surface area (Å²) >= 11 is 0. The Kier molecular flexibility index (Phi) is 3.12. The van der Waals surface area contributed by atoms with Gasteiger partial charge in [-0.1, -0.05) is 42.2 Å². The molecule has 0 saturated heterocycles. The van der Waals surface area contributed by atoms with Gasteiger partial charge in [-0.05, 0) is 18.2 Å². The van der Waals surface area contributed by atoms with E-state index in [1.165, 1.54) is 6.07 Å². The molecule has 0 amide bonds. The van der Waals surface area contributed by atoms with E-state index in [4.69, 9.17) is 13.3 Å². The number of para-hydroxylation sites is 4. The topological polar surface area (TPSA) is 50.8 Å². The fraction of sp³-hybridized carbons (Fsp3) is 0.0667. The minimum Gasteiger partial charge on any atom is -0.870 e. The van der Waals surface area contributed by atoms with Crippen molar-refractivity contribution in [3.8, 4) is 23.0 Å². The summed E-state index contributed by atoms with van der Waals surface area (Å²) in [4.78, 5) is 0. The Morgan fingerprint density at radius 2 is 1.65 bits per heavy atom. The van der Waals surface area contributed by atoms with Crippen LogP contribution in [-0.4, -0.2) is 8.80 Å². The highest BCUT2D eigenvalue weighted by molar-refractivity contribution is 6.64. The van der Waals surface area contributed by atoms with Crippen LogP contribution >= 0.6 is 0 Å². The molecule has 0 fully saturated rings. The van der Waals surface area contributed by atoms with Gasteiger partial charge >= 0.3 is 8.80 Å². The van der Waals surface area contributed by atoms with Crippen molar-refractivity contribution in [2.75, 3.05) is 0 Å². The van der Waals surface area contributed by atoms with Crippen LogP contribution in [0.4, 0.5) is 0 Å². The highest BCUT2D eigenvalue weighted by Gasteiger charge is 2.52. The predicted octanol–water partition coefficient (Wildman–Crippen LogP) is 2.74. The van der Waals surface area contributed by atoms with Crippen molar-refractivity contribution in [2.24, 2.45) is 0 Å². The lowest BCUT2D eigenvalue weighted by molar-refractivity contribution is -0.269. The number of hydrogen-bond donors (Lipinski definition) is 0. The van der Waals surface area contributed by atoms with Gasteiger partial charge in [0, 0.05) is 0 Å². The summed E-state index contributed by atoms with van der Waals surface area (Å²) in [6.07, 6.45) is 1.69. The van der Waals surface area contributed by atoms with Gasteiger partial charge in [-0.15, -0.1) is 6.58 Å². The van der Waals surface area contributed by atoms with Crippen LogP contribution in [0.1, 0.15) is 0 Å². The number of benzene rings is 2. The molecule has 5 heteroatoms. The standard InChI is InChI=1S/C15H14O4Si/c1-2-11-20(17-13-8-4-3-7-12(13)16)18-14-9-5-6-10-15(14)19-20/h2-10,16H,1,11H2/p-1. The fourth-order valence-corrected chi connectivity index (χ4v) is 4.26. The van der Waals surface area contributed by atoms with Gasteiger partial charge in [0.1, 0.15) is 17.2 Å². The molecule has 0 bridgehead atoms. The first-order valence-corrected chi connectivity index (χ1v) is 8.19. The minimum atomic E-state index is -3.03. The normalized spacial score (nSPS) is 14.8. The highest BCUT2D eigenvalue weighted by atomic mass is 28.4. The molecule has 1 heterocycles. The third-order valence-corrected chi connectivity index (χ3v) is 5.27. The molecule has 0 atom stereocenters. The first-order valence-electron chi connectivity index (χ1n) is 6.25. The molecule has 0 N–H and O–H groups in total. The summed E-state index contributed by atoms with van der Waals surface area (Å²) < 4.78 is 17.6. The third kappa shape index (κ3) is 2.23. The Morgan fingerprint density at radius 1 is 1.05 bits per heavy atom. The second-order valence-corrected chi connectivity index (χ2v) is 6.76. The van der Waals surface area contributed by atoms with Crippen LogP contribution in [0.25, 0.3) is 0 Å². The van der Waals surface area contributed by atoms with Crippen LogP contribution in [0.2, 0.25) is 6.04 Å². The maximum absolute atomic E-state index is 11.8. The van der Waals surface area contributed by atoms with E-state index in [0.29, 0.717) is 17.5 Å². The molecule has 3 rings (SSSR count). The molecule has 1 aliphatic rings. The fourth-order valence-electron chi connectivity index (χ4n) is 2.02. The van der Waals surface area contributed by atoms with Gasteiger partial charge in [0.2, 0.25) is 0 Å². The van der Waals surface area contributed by atoms with Crippen molar-refractivity contribution in [1.29, 1.82) is 0 Å². The van der Waals surface area contributed by atoms with E-state index in [2.05, 4.69) is 6.58 Å². The molecule has 2 aromatic rings. The summed E-state index contributed by atoms with van der Waals surface area (Å²) in [7, 11) is -3.03. The maximum Gasteiger partial charge on any atom is 0.703 e. The molecule has 102 valence electrons. The SMILES string of the molecule is C=CC[Si]1(Oc2ccccc2[O-])Oc2ccccc2O1.